The Labute approximate surface area is 452 Å². The minimum Gasteiger partial charge on any atom is -0.493 e. The molecule has 0 amide bonds. The van der Waals surface area contributed by atoms with Crippen LogP contribution >= 0.6 is 0 Å². The maximum atomic E-state index is 10.3. The van der Waals surface area contributed by atoms with E-state index in [9.17, 15) is 15.6 Å². The van der Waals surface area contributed by atoms with Crippen molar-refractivity contribution in [1.82, 2.24) is 20.2 Å². The van der Waals surface area contributed by atoms with Crippen LogP contribution in [-0.4, -0.2) is 113 Å². The second kappa shape index (κ2) is 26.1. The lowest BCUT2D eigenvalue weighted by Crippen LogP contribution is -2.43. The quantitative estimate of drug-likeness (QED) is 0.0522. The normalized spacial score (nSPS) is 14.4. The molecule has 5 heterocycles. The minimum absolute atomic E-state index is 0.122. The third-order valence-corrected chi connectivity index (χ3v) is 12.8. The fourth-order valence-corrected chi connectivity index (χ4v) is 8.17. The van der Waals surface area contributed by atoms with Gasteiger partial charge in [0, 0.05) is 53.2 Å². The first kappa shape index (κ1) is 53.8. The van der Waals surface area contributed by atoms with E-state index in [4.69, 9.17) is 42.6 Å². The molecule has 0 saturated carbocycles. The van der Waals surface area contributed by atoms with Crippen LogP contribution in [0.3, 0.4) is 0 Å². The van der Waals surface area contributed by atoms with Gasteiger partial charge in [-0.3, -0.25) is 9.97 Å². The van der Waals surface area contributed by atoms with E-state index in [-0.39, 0.29) is 12.7 Å². The summed E-state index contributed by atoms with van der Waals surface area (Å²) in [5, 5.41) is 41.1. The van der Waals surface area contributed by atoms with Crippen LogP contribution < -0.4 is 53.8 Å². The Morgan fingerprint density at radius 3 is 1.44 bits per heavy atom. The molecule has 6 aromatic carbocycles. The largest absolute Gasteiger partial charge is 0.493 e. The Hall–Kier alpha value is -9.04. The van der Waals surface area contributed by atoms with Crippen LogP contribution in [-0.2, 0) is 4.74 Å². The van der Waals surface area contributed by atoms with E-state index in [0.29, 0.717) is 116 Å². The van der Waals surface area contributed by atoms with E-state index in [0.717, 1.165) is 29.9 Å². The van der Waals surface area contributed by atoms with Crippen molar-refractivity contribution in [3.05, 3.63) is 145 Å². The van der Waals surface area contributed by atoms with E-state index in [1.54, 1.807) is 46.8 Å². The number of β-amino-alcohol motifs (C(OH)–C–C–N with tert-alkyl or cyclic N) is 1. The second-order valence-electron chi connectivity index (χ2n) is 18.2. The molecule has 3 fully saturated rings. The van der Waals surface area contributed by atoms with Crippen LogP contribution in [0.1, 0.15) is 24.0 Å². The fourth-order valence-electron chi connectivity index (χ4n) is 8.17. The number of anilines is 4. The second-order valence-corrected chi connectivity index (χ2v) is 18.2. The van der Waals surface area contributed by atoms with Crippen molar-refractivity contribution in [1.29, 1.82) is 10.5 Å². The molecule has 3 aliphatic heterocycles. The van der Waals surface area contributed by atoms with Gasteiger partial charge in [0.2, 0.25) is 0 Å². The Balaban J connectivity index is 0.000000177. The van der Waals surface area contributed by atoms with Gasteiger partial charge in [-0.2, -0.15) is 10.5 Å². The number of rotatable bonds is 20. The van der Waals surface area contributed by atoms with Gasteiger partial charge in [-0.15, -0.1) is 0 Å². The average molecular weight is 1050 g/mol. The molecule has 2 aromatic heterocycles. The van der Waals surface area contributed by atoms with Crippen molar-refractivity contribution in [2.75, 3.05) is 91.6 Å². The summed E-state index contributed by atoms with van der Waals surface area (Å²) < 4.78 is 50.7. The summed E-state index contributed by atoms with van der Waals surface area (Å²) in [4.78, 5) is 11.1. The van der Waals surface area contributed by atoms with Crippen LogP contribution in [0.15, 0.2) is 134 Å². The predicted molar refractivity (Wildman–Crippen MR) is 297 cm³/mol. The van der Waals surface area contributed by atoms with Gasteiger partial charge in [0.1, 0.15) is 49.1 Å². The first-order valence-corrected chi connectivity index (χ1v) is 25.4. The number of ether oxygens (including phenoxy) is 9. The van der Waals surface area contributed by atoms with E-state index in [1.165, 1.54) is 32.1 Å². The van der Waals surface area contributed by atoms with E-state index < -0.39 is 6.10 Å². The van der Waals surface area contributed by atoms with Crippen molar-refractivity contribution in [2.24, 2.45) is 0 Å². The van der Waals surface area contributed by atoms with Gasteiger partial charge in [-0.05, 0) is 124 Å². The summed E-state index contributed by atoms with van der Waals surface area (Å²) in [6.07, 6.45) is 5.14. The molecule has 0 unspecified atom stereocenters. The van der Waals surface area contributed by atoms with Gasteiger partial charge in [-0.25, -0.2) is 0 Å². The number of benzene rings is 6. The maximum Gasteiger partial charge on any atom is 0.169 e. The monoisotopic (exact) mass is 1050 g/mol. The molecule has 3 aliphatic rings. The third-order valence-electron chi connectivity index (χ3n) is 12.8. The average Bonchev–Trinajstić information content (AvgIpc) is 4.36. The number of likely N-dealkylation sites (tertiary alicyclic amines) is 1. The Morgan fingerprint density at radius 1 is 0.615 bits per heavy atom. The number of nitriles is 2. The highest BCUT2D eigenvalue weighted by Crippen LogP contribution is 2.40. The van der Waals surface area contributed by atoms with Crippen molar-refractivity contribution in [3.8, 4) is 69.6 Å². The molecule has 0 spiro atoms. The summed E-state index contributed by atoms with van der Waals surface area (Å²) in [5.41, 5.74) is 4.88. The Morgan fingerprint density at radius 2 is 1.05 bits per heavy atom. The molecule has 2 atom stereocenters. The van der Waals surface area contributed by atoms with Crippen molar-refractivity contribution in [2.45, 2.75) is 25.0 Å². The summed E-state index contributed by atoms with van der Waals surface area (Å²) in [5.74, 6) is 5.94. The highest BCUT2D eigenvalue weighted by molar-refractivity contribution is 5.98. The van der Waals surface area contributed by atoms with Gasteiger partial charge in [0.05, 0.1) is 68.6 Å². The molecule has 18 heteroatoms. The molecular weight excluding hydrogens is 993 g/mol. The number of methoxy groups -OCH3 is 4. The number of hydrogen-bond donors (Lipinski definition) is 4. The number of nitrogens with zero attached hydrogens (tertiary/aromatic N) is 5. The SMILES string of the molecule is C1CNC1.COc1cc2c(Nc3ccc(Oc4ccccc4OC)cc3)c(C#N)cnc2cc1OC[C@@H](O)CN1CCC1.COc1cc2c(Nc3ccc(Oc4ccccc4OC)cc3)c(C#N)cnc2cc1OC[C@@H]1CO1. The van der Waals surface area contributed by atoms with Gasteiger partial charge < -0.3 is 68.6 Å². The van der Waals surface area contributed by atoms with Crippen LogP contribution in [0.5, 0.6) is 57.5 Å². The molecular formula is C60H60N8O10. The molecule has 0 bridgehead atoms. The Bertz CT molecular complexity index is 3390. The van der Waals surface area contributed by atoms with Crippen LogP contribution in [0, 0.1) is 22.7 Å². The van der Waals surface area contributed by atoms with Gasteiger partial charge in [0.25, 0.3) is 0 Å². The molecule has 18 nitrogen and oxygen atoms in total. The number of hydrogen-bond acceptors (Lipinski definition) is 18. The molecule has 3 saturated heterocycles. The molecule has 0 radical (unpaired) electrons. The number of nitrogens with one attached hydrogen (secondary N) is 3. The highest BCUT2D eigenvalue weighted by Gasteiger charge is 2.25. The smallest absolute Gasteiger partial charge is 0.169 e. The lowest BCUT2D eigenvalue weighted by Gasteiger charge is -2.32. The van der Waals surface area contributed by atoms with Crippen LogP contribution in [0.2, 0.25) is 0 Å². The number of para-hydroxylation sites is 4. The summed E-state index contributed by atoms with van der Waals surface area (Å²) in [6.45, 7) is 6.39. The van der Waals surface area contributed by atoms with E-state index in [1.807, 2.05) is 109 Å². The van der Waals surface area contributed by atoms with Gasteiger partial charge in [0.15, 0.2) is 46.0 Å². The zero-order valence-electron chi connectivity index (χ0n) is 43.8. The number of pyridine rings is 2. The summed E-state index contributed by atoms with van der Waals surface area (Å²) in [7, 11) is 6.34. The first-order chi connectivity index (χ1) is 38.2. The van der Waals surface area contributed by atoms with Gasteiger partial charge >= 0.3 is 0 Å². The summed E-state index contributed by atoms with van der Waals surface area (Å²) in [6, 6.07) is 41.4. The predicted octanol–water partition coefficient (Wildman–Crippen LogP) is 10.5. The number of aromatic nitrogens is 2. The lowest BCUT2D eigenvalue weighted by atomic mass is 10.1. The first-order valence-electron chi connectivity index (χ1n) is 25.4. The molecule has 4 N–H and O–H groups in total. The number of aliphatic hydroxyl groups excluding tert-OH is 1. The topological polar surface area (TPSA) is 219 Å². The highest BCUT2D eigenvalue weighted by atomic mass is 16.6. The van der Waals surface area contributed by atoms with Crippen molar-refractivity contribution < 1.29 is 47.7 Å². The molecule has 78 heavy (non-hydrogen) atoms. The standard InChI is InChI=1S/C30H30N4O5.C27H23N3O5.C3H7N/c1-36-26-6-3-4-7-27(26)39-23-10-8-21(9-11-23)33-30-20(16-31)17-32-25-15-29(28(37-2)14-24(25)30)38-19-22(35)18-34-12-5-13-34;1-31-23-5-3-4-6-24(23)35-19-9-7-18(8-10-19)30-27-17(13-28)14-29-22-12-26(34-16-20-15-33-20)25(32-2)11-21(22)27;1-2-4-3-1/h3-4,6-11,14-15,17,22,35H,5,12-13,18-19H2,1-2H3,(H,32,33);3-12,14,20H,15-16H2,1-2H3,(H,29,30);4H,1-3H2/t22-;20-;/m00./s1. The molecule has 8 aromatic rings. The number of fused-ring (bicyclic) bond motifs is 2. The van der Waals surface area contributed by atoms with Crippen LogP contribution in [0.25, 0.3) is 21.8 Å². The molecule has 0 aliphatic carbocycles. The maximum absolute atomic E-state index is 10.3. The summed E-state index contributed by atoms with van der Waals surface area (Å²) >= 11 is 0. The molecule has 11 rings (SSSR count). The Kier molecular flexibility index (Phi) is 18.0. The minimum atomic E-state index is -0.605. The van der Waals surface area contributed by atoms with Gasteiger partial charge in [-0.1, -0.05) is 24.3 Å². The zero-order valence-corrected chi connectivity index (χ0v) is 43.8. The zero-order chi connectivity index (χ0) is 54.2. The van der Waals surface area contributed by atoms with Crippen LogP contribution in [0.4, 0.5) is 22.7 Å². The number of aliphatic hydroxyl groups is 1. The van der Waals surface area contributed by atoms with E-state index in [2.05, 4.69) is 43.0 Å². The van der Waals surface area contributed by atoms with Crippen molar-refractivity contribution >= 4 is 44.6 Å². The fraction of sp³-hybridized carbons (Fsp3) is 0.267. The van der Waals surface area contributed by atoms with E-state index >= 15 is 0 Å². The van der Waals surface area contributed by atoms with Crippen molar-refractivity contribution in [3.63, 3.8) is 0 Å². The third kappa shape index (κ3) is 13.7. The molecule has 400 valence electrons. The lowest BCUT2D eigenvalue weighted by molar-refractivity contribution is 0.0460. The number of epoxide rings is 1.